The summed E-state index contributed by atoms with van der Waals surface area (Å²) in [5.74, 6) is -2.86. The number of ether oxygens (including phenoxy) is 2. The van der Waals surface area contributed by atoms with Gasteiger partial charge in [-0.05, 0) is 36.6 Å². The van der Waals surface area contributed by atoms with Crippen molar-refractivity contribution in [1.82, 2.24) is 0 Å². The van der Waals surface area contributed by atoms with E-state index >= 15 is 0 Å². The fourth-order valence-corrected chi connectivity index (χ4v) is 1.63. The number of methoxy groups -OCH3 is 2. The van der Waals surface area contributed by atoms with Gasteiger partial charge in [0, 0.05) is 0 Å². The normalized spacial score (nSPS) is 10.3. The Bertz CT molecular complexity index is 440. The SMILES string of the molecule is COC(=O)C(Cc1cc(F)ccc1C)C(=O)OC. The summed E-state index contributed by atoms with van der Waals surface area (Å²) in [4.78, 5) is 23.0. The second-order valence-corrected chi connectivity index (χ2v) is 3.87. The minimum atomic E-state index is -1.07. The molecule has 18 heavy (non-hydrogen) atoms. The van der Waals surface area contributed by atoms with Gasteiger partial charge in [0.15, 0.2) is 5.92 Å². The van der Waals surface area contributed by atoms with Gasteiger partial charge >= 0.3 is 11.9 Å². The third-order valence-corrected chi connectivity index (χ3v) is 2.71. The summed E-state index contributed by atoms with van der Waals surface area (Å²) in [5.41, 5.74) is 1.38. The molecule has 0 spiro atoms. The first-order chi connectivity index (χ1) is 8.49. The smallest absolute Gasteiger partial charge is 0.320 e. The number of hydrogen-bond donors (Lipinski definition) is 0. The standard InChI is InChI=1S/C13H15FO4/c1-8-4-5-10(14)6-9(8)7-11(12(15)17-2)13(16)18-3/h4-6,11H,7H2,1-3H3. The van der Waals surface area contributed by atoms with E-state index < -0.39 is 23.7 Å². The van der Waals surface area contributed by atoms with Crippen LogP contribution < -0.4 is 0 Å². The molecule has 0 fully saturated rings. The van der Waals surface area contributed by atoms with Crippen LogP contribution in [0.1, 0.15) is 11.1 Å². The van der Waals surface area contributed by atoms with E-state index in [1.165, 1.54) is 26.4 Å². The first-order valence-corrected chi connectivity index (χ1v) is 5.40. The fourth-order valence-electron chi connectivity index (χ4n) is 1.63. The first kappa shape index (κ1) is 14.2. The molecule has 0 saturated heterocycles. The van der Waals surface area contributed by atoms with Gasteiger partial charge in [-0.2, -0.15) is 0 Å². The summed E-state index contributed by atoms with van der Waals surface area (Å²) < 4.78 is 22.2. The molecular weight excluding hydrogens is 239 g/mol. The number of hydrogen-bond acceptors (Lipinski definition) is 4. The van der Waals surface area contributed by atoms with Crippen LogP contribution in [0.25, 0.3) is 0 Å². The Labute approximate surface area is 105 Å². The summed E-state index contributed by atoms with van der Waals surface area (Å²) in [6, 6.07) is 4.22. The molecule has 0 atom stereocenters. The average molecular weight is 254 g/mol. The molecule has 0 amide bonds. The average Bonchev–Trinajstić information content (AvgIpc) is 2.38. The summed E-state index contributed by atoms with van der Waals surface area (Å²) in [5, 5.41) is 0. The van der Waals surface area contributed by atoms with Gasteiger partial charge in [-0.15, -0.1) is 0 Å². The largest absolute Gasteiger partial charge is 0.468 e. The van der Waals surface area contributed by atoms with Crippen LogP contribution in [-0.2, 0) is 25.5 Å². The van der Waals surface area contributed by atoms with Crippen LogP contribution in [0.3, 0.4) is 0 Å². The number of benzene rings is 1. The predicted molar refractivity (Wildman–Crippen MR) is 62.4 cm³/mol. The van der Waals surface area contributed by atoms with Gasteiger partial charge in [0.2, 0.25) is 0 Å². The third-order valence-electron chi connectivity index (χ3n) is 2.71. The molecule has 0 saturated carbocycles. The van der Waals surface area contributed by atoms with Crippen LogP contribution in [-0.4, -0.2) is 26.2 Å². The lowest BCUT2D eigenvalue weighted by Gasteiger charge is -2.13. The summed E-state index contributed by atoms with van der Waals surface area (Å²) in [6.07, 6.45) is 0.0585. The Morgan fingerprint density at radius 3 is 2.28 bits per heavy atom. The lowest BCUT2D eigenvalue weighted by molar-refractivity contribution is -0.158. The molecule has 0 aliphatic heterocycles. The number of aryl methyl sites for hydroxylation is 1. The van der Waals surface area contributed by atoms with E-state index in [2.05, 4.69) is 9.47 Å². The molecular formula is C13H15FO4. The van der Waals surface area contributed by atoms with Gasteiger partial charge in [-0.1, -0.05) is 6.07 Å². The number of rotatable bonds is 4. The van der Waals surface area contributed by atoms with Crippen molar-refractivity contribution < 1.29 is 23.5 Å². The van der Waals surface area contributed by atoms with E-state index in [0.717, 1.165) is 5.56 Å². The lowest BCUT2D eigenvalue weighted by atomic mass is 9.96. The Morgan fingerprint density at radius 2 is 1.78 bits per heavy atom. The molecule has 0 aliphatic carbocycles. The minimum Gasteiger partial charge on any atom is -0.468 e. The van der Waals surface area contributed by atoms with Gasteiger partial charge in [0.05, 0.1) is 14.2 Å². The molecule has 5 heteroatoms. The van der Waals surface area contributed by atoms with E-state index in [0.29, 0.717) is 5.56 Å². The van der Waals surface area contributed by atoms with E-state index in [1.54, 1.807) is 13.0 Å². The van der Waals surface area contributed by atoms with Crippen LogP contribution in [0.5, 0.6) is 0 Å². The zero-order valence-electron chi connectivity index (χ0n) is 10.5. The van der Waals surface area contributed by atoms with Gasteiger partial charge in [-0.3, -0.25) is 9.59 Å². The van der Waals surface area contributed by atoms with Gasteiger partial charge in [0.1, 0.15) is 5.82 Å². The Hall–Kier alpha value is -1.91. The monoisotopic (exact) mass is 254 g/mol. The molecule has 0 unspecified atom stereocenters. The van der Waals surface area contributed by atoms with Crippen molar-refractivity contribution in [3.05, 3.63) is 35.1 Å². The van der Waals surface area contributed by atoms with Crippen molar-refractivity contribution >= 4 is 11.9 Å². The minimum absolute atomic E-state index is 0.0585. The molecule has 1 rings (SSSR count). The Kier molecular flexibility index (Phi) is 4.83. The van der Waals surface area contributed by atoms with Gasteiger partial charge < -0.3 is 9.47 Å². The highest BCUT2D eigenvalue weighted by molar-refractivity contribution is 5.95. The third kappa shape index (κ3) is 3.29. The maximum atomic E-state index is 13.1. The Morgan fingerprint density at radius 1 is 1.22 bits per heavy atom. The van der Waals surface area contributed by atoms with Crippen LogP contribution in [0.15, 0.2) is 18.2 Å². The van der Waals surface area contributed by atoms with E-state index in [-0.39, 0.29) is 6.42 Å². The second-order valence-electron chi connectivity index (χ2n) is 3.87. The number of halogens is 1. The highest BCUT2D eigenvalue weighted by Gasteiger charge is 2.29. The Balaban J connectivity index is 2.99. The second kappa shape index (κ2) is 6.14. The topological polar surface area (TPSA) is 52.6 Å². The molecule has 0 radical (unpaired) electrons. The highest BCUT2D eigenvalue weighted by Crippen LogP contribution is 2.17. The van der Waals surface area contributed by atoms with Gasteiger partial charge in [-0.25, -0.2) is 4.39 Å². The zero-order chi connectivity index (χ0) is 13.7. The van der Waals surface area contributed by atoms with Crippen molar-refractivity contribution in [2.75, 3.05) is 14.2 Å². The number of carbonyl (C=O) groups is 2. The maximum absolute atomic E-state index is 13.1. The predicted octanol–water partition coefficient (Wildman–Crippen LogP) is 1.64. The molecule has 0 heterocycles. The van der Waals surface area contributed by atoms with Crippen molar-refractivity contribution in [1.29, 1.82) is 0 Å². The van der Waals surface area contributed by atoms with E-state index in [1.807, 2.05) is 0 Å². The number of esters is 2. The zero-order valence-corrected chi connectivity index (χ0v) is 10.5. The first-order valence-electron chi connectivity index (χ1n) is 5.40. The summed E-state index contributed by atoms with van der Waals surface area (Å²) >= 11 is 0. The molecule has 4 nitrogen and oxygen atoms in total. The van der Waals surface area contributed by atoms with Crippen molar-refractivity contribution in [3.8, 4) is 0 Å². The molecule has 0 aromatic heterocycles. The van der Waals surface area contributed by atoms with Crippen LogP contribution in [0, 0.1) is 18.7 Å². The molecule has 98 valence electrons. The van der Waals surface area contributed by atoms with Crippen molar-refractivity contribution in [2.24, 2.45) is 5.92 Å². The van der Waals surface area contributed by atoms with Crippen molar-refractivity contribution in [2.45, 2.75) is 13.3 Å². The molecule has 0 bridgehead atoms. The van der Waals surface area contributed by atoms with Crippen molar-refractivity contribution in [3.63, 3.8) is 0 Å². The lowest BCUT2D eigenvalue weighted by Crippen LogP contribution is -2.28. The molecule has 0 N–H and O–H groups in total. The highest BCUT2D eigenvalue weighted by atomic mass is 19.1. The summed E-state index contributed by atoms with van der Waals surface area (Å²) in [7, 11) is 2.38. The molecule has 1 aromatic carbocycles. The molecule has 0 aliphatic rings. The van der Waals surface area contributed by atoms with Crippen LogP contribution in [0.4, 0.5) is 4.39 Å². The fraction of sp³-hybridized carbons (Fsp3) is 0.385. The van der Waals surface area contributed by atoms with E-state index in [4.69, 9.17) is 0 Å². The van der Waals surface area contributed by atoms with Gasteiger partial charge in [0.25, 0.3) is 0 Å². The summed E-state index contributed by atoms with van der Waals surface area (Å²) in [6.45, 7) is 1.78. The van der Waals surface area contributed by atoms with Crippen LogP contribution >= 0.6 is 0 Å². The van der Waals surface area contributed by atoms with Crippen LogP contribution in [0.2, 0.25) is 0 Å². The maximum Gasteiger partial charge on any atom is 0.320 e. The quantitative estimate of drug-likeness (QED) is 0.605. The van der Waals surface area contributed by atoms with E-state index in [9.17, 15) is 14.0 Å². The number of carbonyl (C=O) groups excluding carboxylic acids is 2. The molecule has 1 aromatic rings.